The lowest BCUT2D eigenvalue weighted by Gasteiger charge is -2.39. The number of benzene rings is 1. The lowest BCUT2D eigenvalue weighted by Crippen LogP contribution is -2.42. The normalized spacial score (nSPS) is 18.9. The molecule has 0 aliphatic carbocycles. The fraction of sp³-hybridized carbons (Fsp3) is 0.526. The van der Waals surface area contributed by atoms with Gasteiger partial charge in [0.1, 0.15) is 12.1 Å². The summed E-state index contributed by atoms with van der Waals surface area (Å²) in [4.78, 5) is 24.0. The summed E-state index contributed by atoms with van der Waals surface area (Å²) >= 11 is 0. The number of nitrogens with zero attached hydrogens (tertiary/aromatic N) is 4. The highest BCUT2D eigenvalue weighted by Gasteiger charge is 2.42. The van der Waals surface area contributed by atoms with E-state index in [9.17, 15) is 9.90 Å². The van der Waals surface area contributed by atoms with Crippen LogP contribution in [0.4, 0.5) is 10.6 Å². The Balaban J connectivity index is 1.58. The third kappa shape index (κ3) is 3.09. The average molecular weight is 372 g/mol. The van der Waals surface area contributed by atoms with Crippen molar-refractivity contribution >= 4 is 22.8 Å². The molecule has 8 nitrogen and oxygen atoms in total. The highest BCUT2D eigenvalue weighted by atomic mass is 16.5. The van der Waals surface area contributed by atoms with Crippen LogP contribution < -0.4 is 14.4 Å². The molecule has 1 aromatic carbocycles. The monoisotopic (exact) mass is 372 g/mol. The molecule has 8 heteroatoms. The molecule has 144 valence electrons. The third-order valence-corrected chi connectivity index (χ3v) is 5.95. The predicted molar refractivity (Wildman–Crippen MR) is 101 cm³/mol. The SMILES string of the molecule is COc1cc2ncnc(N3CCC4(CCN(C(=O)O)C4)CC3)c2cc1OC. The highest BCUT2D eigenvalue weighted by Crippen LogP contribution is 2.42. The molecule has 1 amide bonds. The van der Waals surface area contributed by atoms with Crippen molar-refractivity contribution in [3.8, 4) is 11.5 Å². The maximum Gasteiger partial charge on any atom is 0.407 e. The Hall–Kier alpha value is -2.77. The summed E-state index contributed by atoms with van der Waals surface area (Å²) in [5, 5.41) is 10.2. The summed E-state index contributed by atoms with van der Waals surface area (Å²) in [6.07, 6.45) is 3.65. The standard InChI is InChI=1S/C19H24N4O4/c1-26-15-9-13-14(10-16(15)27-2)20-12-21-17(13)22-6-3-19(4-7-22)5-8-23(11-19)18(24)25/h9-10,12H,3-8,11H2,1-2H3,(H,24,25). The van der Waals surface area contributed by atoms with Crippen LogP contribution in [0.25, 0.3) is 10.9 Å². The third-order valence-electron chi connectivity index (χ3n) is 5.95. The molecule has 1 spiro atoms. The van der Waals surface area contributed by atoms with Crippen molar-refractivity contribution in [1.29, 1.82) is 0 Å². The first kappa shape index (κ1) is 17.6. The first-order valence-corrected chi connectivity index (χ1v) is 9.15. The molecule has 0 atom stereocenters. The van der Waals surface area contributed by atoms with Gasteiger partial charge in [-0.05, 0) is 30.7 Å². The lowest BCUT2D eigenvalue weighted by molar-refractivity contribution is 0.144. The zero-order chi connectivity index (χ0) is 19.0. The van der Waals surface area contributed by atoms with E-state index in [0.717, 1.165) is 49.1 Å². The zero-order valence-electron chi connectivity index (χ0n) is 15.6. The molecule has 27 heavy (non-hydrogen) atoms. The van der Waals surface area contributed by atoms with Crippen LogP contribution in [0, 0.1) is 5.41 Å². The topological polar surface area (TPSA) is 88.0 Å². The molecule has 2 saturated heterocycles. The summed E-state index contributed by atoms with van der Waals surface area (Å²) in [6.45, 7) is 3.00. The summed E-state index contributed by atoms with van der Waals surface area (Å²) in [5.41, 5.74) is 0.925. The lowest BCUT2D eigenvalue weighted by atomic mass is 9.78. The van der Waals surface area contributed by atoms with Gasteiger partial charge in [-0.3, -0.25) is 0 Å². The zero-order valence-corrected chi connectivity index (χ0v) is 15.6. The molecule has 3 heterocycles. The number of carbonyl (C=O) groups is 1. The Morgan fingerprint density at radius 2 is 1.74 bits per heavy atom. The van der Waals surface area contributed by atoms with Crippen molar-refractivity contribution in [2.75, 3.05) is 45.3 Å². The van der Waals surface area contributed by atoms with Gasteiger partial charge in [0.25, 0.3) is 0 Å². The number of hydrogen-bond acceptors (Lipinski definition) is 6. The Morgan fingerprint density at radius 1 is 1.07 bits per heavy atom. The van der Waals surface area contributed by atoms with Crippen LogP contribution in [0.15, 0.2) is 18.5 Å². The predicted octanol–water partition coefficient (Wildman–Crippen LogP) is 2.62. The number of amides is 1. The van der Waals surface area contributed by atoms with Gasteiger partial charge in [0, 0.05) is 37.6 Å². The molecule has 0 saturated carbocycles. The van der Waals surface area contributed by atoms with Gasteiger partial charge in [0.05, 0.1) is 19.7 Å². The van der Waals surface area contributed by atoms with Crippen LogP contribution in [0.2, 0.25) is 0 Å². The molecular weight excluding hydrogens is 348 g/mol. The largest absolute Gasteiger partial charge is 0.493 e. The molecule has 1 aromatic heterocycles. The van der Waals surface area contributed by atoms with Crippen LogP contribution in [0.5, 0.6) is 11.5 Å². The van der Waals surface area contributed by atoms with E-state index in [-0.39, 0.29) is 5.41 Å². The number of fused-ring (bicyclic) bond motifs is 1. The number of methoxy groups -OCH3 is 2. The van der Waals surface area contributed by atoms with E-state index in [1.54, 1.807) is 25.4 Å². The Bertz CT molecular complexity index is 864. The minimum atomic E-state index is -0.808. The van der Waals surface area contributed by atoms with E-state index in [1.165, 1.54) is 0 Å². The van der Waals surface area contributed by atoms with E-state index < -0.39 is 6.09 Å². The summed E-state index contributed by atoms with van der Waals surface area (Å²) in [7, 11) is 3.23. The molecule has 0 radical (unpaired) electrons. The molecule has 2 aromatic rings. The van der Waals surface area contributed by atoms with Crippen LogP contribution in [-0.2, 0) is 0 Å². The fourth-order valence-corrected chi connectivity index (χ4v) is 4.32. The molecule has 0 unspecified atom stereocenters. The van der Waals surface area contributed by atoms with E-state index in [4.69, 9.17) is 9.47 Å². The van der Waals surface area contributed by atoms with Crippen LogP contribution >= 0.6 is 0 Å². The number of piperidine rings is 1. The molecule has 0 bridgehead atoms. The molecule has 2 aliphatic rings. The number of rotatable bonds is 3. The van der Waals surface area contributed by atoms with E-state index in [1.807, 2.05) is 12.1 Å². The van der Waals surface area contributed by atoms with Gasteiger partial charge in [0.2, 0.25) is 0 Å². The average Bonchev–Trinajstić information content (AvgIpc) is 3.11. The van der Waals surface area contributed by atoms with Crippen molar-refractivity contribution in [2.45, 2.75) is 19.3 Å². The second-order valence-corrected chi connectivity index (χ2v) is 7.36. The van der Waals surface area contributed by atoms with Crippen LogP contribution in [0.3, 0.4) is 0 Å². The van der Waals surface area contributed by atoms with Crippen molar-refractivity contribution in [3.63, 3.8) is 0 Å². The second-order valence-electron chi connectivity index (χ2n) is 7.36. The number of ether oxygens (including phenoxy) is 2. The number of carboxylic acid groups (broad SMARTS) is 1. The maximum atomic E-state index is 11.2. The summed E-state index contributed by atoms with van der Waals surface area (Å²) < 4.78 is 10.8. The fourth-order valence-electron chi connectivity index (χ4n) is 4.32. The number of anilines is 1. The summed E-state index contributed by atoms with van der Waals surface area (Å²) in [5.74, 6) is 2.19. The Morgan fingerprint density at radius 3 is 2.37 bits per heavy atom. The van der Waals surface area contributed by atoms with E-state index in [0.29, 0.717) is 24.6 Å². The van der Waals surface area contributed by atoms with Crippen molar-refractivity contribution in [2.24, 2.45) is 5.41 Å². The van der Waals surface area contributed by atoms with Gasteiger partial charge in [-0.2, -0.15) is 0 Å². The van der Waals surface area contributed by atoms with E-state index >= 15 is 0 Å². The van der Waals surface area contributed by atoms with Crippen LogP contribution in [-0.4, -0.2) is 66.5 Å². The Labute approximate surface area is 157 Å². The quantitative estimate of drug-likeness (QED) is 0.886. The van der Waals surface area contributed by atoms with Gasteiger partial charge in [-0.1, -0.05) is 0 Å². The van der Waals surface area contributed by atoms with Crippen LogP contribution in [0.1, 0.15) is 19.3 Å². The molecule has 2 fully saturated rings. The van der Waals surface area contributed by atoms with E-state index in [2.05, 4.69) is 14.9 Å². The molecule has 2 aliphatic heterocycles. The molecule has 1 N–H and O–H groups in total. The number of hydrogen-bond donors (Lipinski definition) is 1. The minimum absolute atomic E-state index is 0.110. The first-order valence-electron chi connectivity index (χ1n) is 9.15. The molecular formula is C19H24N4O4. The number of aromatic nitrogens is 2. The van der Waals surface area contributed by atoms with Crippen molar-refractivity contribution < 1.29 is 19.4 Å². The highest BCUT2D eigenvalue weighted by molar-refractivity contribution is 5.92. The van der Waals surface area contributed by atoms with Gasteiger partial charge in [-0.15, -0.1) is 0 Å². The second kappa shape index (κ2) is 6.75. The summed E-state index contributed by atoms with van der Waals surface area (Å²) in [6, 6.07) is 3.79. The van der Waals surface area contributed by atoms with Gasteiger partial charge in [-0.25, -0.2) is 14.8 Å². The smallest absolute Gasteiger partial charge is 0.407 e. The molecule has 4 rings (SSSR count). The first-order chi connectivity index (χ1) is 13.0. The Kier molecular flexibility index (Phi) is 4.41. The van der Waals surface area contributed by atoms with Gasteiger partial charge in [0.15, 0.2) is 11.5 Å². The maximum absolute atomic E-state index is 11.2. The van der Waals surface area contributed by atoms with Gasteiger partial charge >= 0.3 is 6.09 Å². The van der Waals surface area contributed by atoms with Gasteiger partial charge < -0.3 is 24.4 Å². The van der Waals surface area contributed by atoms with Crippen molar-refractivity contribution in [3.05, 3.63) is 18.5 Å². The van der Waals surface area contributed by atoms with Crippen molar-refractivity contribution in [1.82, 2.24) is 14.9 Å². The number of likely N-dealkylation sites (tertiary alicyclic amines) is 1. The minimum Gasteiger partial charge on any atom is -0.493 e.